The maximum Gasteiger partial charge on any atom is 0.265 e. The number of benzene rings is 2. The molecule has 3 aromatic rings. The smallest absolute Gasteiger partial charge is 0.265 e. The van der Waals surface area contributed by atoms with E-state index in [1.807, 2.05) is 37.3 Å². The number of amides is 1. The number of aryl methyl sites for hydroxylation is 1. The number of hydrogen-bond donors (Lipinski definition) is 1. The third-order valence-electron chi connectivity index (χ3n) is 3.79. The molecule has 0 aliphatic carbocycles. The number of rotatable bonds is 4. The van der Waals surface area contributed by atoms with E-state index >= 15 is 0 Å². The number of nitrogens with zero attached hydrogens (tertiary/aromatic N) is 1. The minimum absolute atomic E-state index is 0.178. The quantitative estimate of drug-likeness (QED) is 0.732. The summed E-state index contributed by atoms with van der Waals surface area (Å²) in [7, 11) is 1.63. The van der Waals surface area contributed by atoms with Gasteiger partial charge in [0.1, 0.15) is 5.75 Å². The Balaban J connectivity index is 1.83. The topological polar surface area (TPSA) is 62.1 Å². The summed E-state index contributed by atoms with van der Waals surface area (Å²) < 4.78 is 5.18. The largest absolute Gasteiger partial charge is 0.497 e. The Morgan fingerprint density at radius 3 is 2.60 bits per heavy atom. The molecule has 0 saturated carbocycles. The van der Waals surface area contributed by atoms with Gasteiger partial charge in [-0.15, -0.1) is 11.3 Å². The number of thiophene rings is 1. The van der Waals surface area contributed by atoms with Crippen LogP contribution in [0.15, 0.2) is 54.6 Å². The Hall–Kier alpha value is -3.10. The zero-order valence-corrected chi connectivity index (χ0v) is 14.7. The third-order valence-corrected chi connectivity index (χ3v) is 4.84. The van der Waals surface area contributed by atoms with Gasteiger partial charge in [0.15, 0.2) is 0 Å². The van der Waals surface area contributed by atoms with Crippen molar-refractivity contribution in [3.63, 3.8) is 0 Å². The first-order valence-electron chi connectivity index (χ1n) is 7.67. The van der Waals surface area contributed by atoms with Crippen molar-refractivity contribution >= 4 is 22.9 Å². The summed E-state index contributed by atoms with van der Waals surface area (Å²) in [5, 5.41) is 11.8. The maximum absolute atomic E-state index is 12.5. The monoisotopic (exact) mass is 348 g/mol. The van der Waals surface area contributed by atoms with Crippen molar-refractivity contribution < 1.29 is 9.53 Å². The minimum Gasteiger partial charge on any atom is -0.497 e. The van der Waals surface area contributed by atoms with Gasteiger partial charge >= 0.3 is 0 Å². The fourth-order valence-corrected chi connectivity index (χ4v) is 3.45. The highest BCUT2D eigenvalue weighted by Gasteiger charge is 2.14. The first-order valence-corrected chi connectivity index (χ1v) is 8.48. The second-order valence-electron chi connectivity index (χ2n) is 5.46. The van der Waals surface area contributed by atoms with Gasteiger partial charge in [-0.05, 0) is 54.4 Å². The van der Waals surface area contributed by atoms with Gasteiger partial charge in [-0.25, -0.2) is 0 Å². The summed E-state index contributed by atoms with van der Waals surface area (Å²) >= 11 is 1.45. The lowest BCUT2D eigenvalue weighted by atomic mass is 10.1. The normalized spacial score (nSPS) is 10.1. The molecule has 0 unspecified atom stereocenters. The van der Waals surface area contributed by atoms with Crippen molar-refractivity contribution in [3.05, 3.63) is 69.9 Å². The highest BCUT2D eigenvalue weighted by Crippen LogP contribution is 2.32. The molecule has 0 radical (unpaired) electrons. The number of methoxy groups -OCH3 is 1. The van der Waals surface area contributed by atoms with Crippen LogP contribution in [0.2, 0.25) is 0 Å². The number of anilines is 1. The van der Waals surface area contributed by atoms with Crippen LogP contribution in [0.5, 0.6) is 5.75 Å². The van der Waals surface area contributed by atoms with E-state index in [0.29, 0.717) is 16.1 Å². The fraction of sp³-hybridized carbons (Fsp3) is 0.100. The summed E-state index contributed by atoms with van der Waals surface area (Å²) in [5.41, 5.74) is 3.20. The summed E-state index contributed by atoms with van der Waals surface area (Å²) in [5.74, 6) is 0.620. The van der Waals surface area contributed by atoms with Gasteiger partial charge in [-0.1, -0.05) is 18.2 Å². The molecular weight excluding hydrogens is 332 g/mol. The van der Waals surface area contributed by atoms with E-state index in [4.69, 9.17) is 10.00 Å². The molecule has 0 saturated heterocycles. The third kappa shape index (κ3) is 3.70. The molecule has 1 amide bonds. The molecule has 5 heteroatoms. The standard InChI is InChI=1S/C20H16N2O2S/c1-13-18(15-6-8-17(24-2)9-7-15)11-19(25-13)20(23)22-16-5-3-4-14(10-16)12-21/h3-11H,1-2H3,(H,22,23). The molecule has 0 aliphatic rings. The van der Waals surface area contributed by atoms with Crippen molar-refractivity contribution in [2.45, 2.75) is 6.92 Å². The van der Waals surface area contributed by atoms with Gasteiger partial charge in [0, 0.05) is 10.6 Å². The van der Waals surface area contributed by atoms with Crippen LogP contribution in [-0.2, 0) is 0 Å². The zero-order chi connectivity index (χ0) is 17.8. The molecule has 0 atom stereocenters. The lowest BCUT2D eigenvalue weighted by molar-refractivity contribution is 0.103. The van der Waals surface area contributed by atoms with Gasteiger partial charge in [0.25, 0.3) is 5.91 Å². The van der Waals surface area contributed by atoms with Gasteiger partial charge in [-0.3, -0.25) is 4.79 Å². The molecular formula is C20H16N2O2S. The molecule has 1 aromatic heterocycles. The molecule has 1 heterocycles. The van der Waals surface area contributed by atoms with Gasteiger partial charge in [-0.2, -0.15) is 5.26 Å². The highest BCUT2D eigenvalue weighted by molar-refractivity contribution is 7.14. The number of nitriles is 1. The first-order chi connectivity index (χ1) is 12.1. The molecule has 25 heavy (non-hydrogen) atoms. The van der Waals surface area contributed by atoms with Crippen molar-refractivity contribution in [2.24, 2.45) is 0 Å². The highest BCUT2D eigenvalue weighted by atomic mass is 32.1. The first kappa shape index (κ1) is 16.7. The van der Waals surface area contributed by atoms with E-state index in [-0.39, 0.29) is 5.91 Å². The molecule has 0 spiro atoms. The Labute approximate surface area is 150 Å². The Bertz CT molecular complexity index is 953. The van der Waals surface area contributed by atoms with Gasteiger partial charge in [0.2, 0.25) is 0 Å². The van der Waals surface area contributed by atoms with Crippen molar-refractivity contribution in [1.82, 2.24) is 0 Å². The van der Waals surface area contributed by atoms with Gasteiger partial charge < -0.3 is 10.1 Å². The molecule has 1 N–H and O–H groups in total. The van der Waals surface area contributed by atoms with Crippen LogP contribution in [0.3, 0.4) is 0 Å². The predicted octanol–water partition coefficient (Wildman–Crippen LogP) is 4.86. The summed E-state index contributed by atoms with van der Waals surface area (Å²) in [6, 6.07) is 18.6. The number of hydrogen-bond acceptors (Lipinski definition) is 4. The number of carbonyl (C=O) groups excluding carboxylic acids is 1. The predicted molar refractivity (Wildman–Crippen MR) is 100 cm³/mol. The Morgan fingerprint density at radius 1 is 1.16 bits per heavy atom. The summed E-state index contributed by atoms with van der Waals surface area (Å²) in [4.78, 5) is 14.2. The second-order valence-corrected chi connectivity index (χ2v) is 6.71. The van der Waals surface area contributed by atoms with Crippen LogP contribution in [0, 0.1) is 18.3 Å². The van der Waals surface area contributed by atoms with E-state index in [2.05, 4.69) is 11.4 Å². The number of carbonyl (C=O) groups is 1. The lowest BCUT2D eigenvalue weighted by Gasteiger charge is -2.03. The van der Waals surface area contributed by atoms with Crippen LogP contribution in [0.1, 0.15) is 20.1 Å². The average Bonchev–Trinajstić information content (AvgIpc) is 3.04. The van der Waals surface area contributed by atoms with E-state index in [1.54, 1.807) is 31.4 Å². The fourth-order valence-electron chi connectivity index (χ4n) is 2.51. The van der Waals surface area contributed by atoms with E-state index in [9.17, 15) is 4.79 Å². The van der Waals surface area contributed by atoms with Crippen molar-refractivity contribution in [3.8, 4) is 22.9 Å². The molecule has 124 valence electrons. The molecule has 0 aliphatic heterocycles. The minimum atomic E-state index is -0.178. The SMILES string of the molecule is COc1ccc(-c2cc(C(=O)Nc3cccc(C#N)c3)sc2C)cc1. The van der Waals surface area contributed by atoms with Crippen molar-refractivity contribution in [1.29, 1.82) is 5.26 Å². The van der Waals surface area contributed by atoms with Crippen LogP contribution < -0.4 is 10.1 Å². The number of ether oxygens (including phenoxy) is 1. The summed E-state index contributed by atoms with van der Waals surface area (Å²) in [6.45, 7) is 2.00. The molecule has 0 fully saturated rings. The lowest BCUT2D eigenvalue weighted by Crippen LogP contribution is -2.10. The van der Waals surface area contributed by atoms with Crippen LogP contribution in [0.4, 0.5) is 5.69 Å². The average molecular weight is 348 g/mol. The van der Waals surface area contributed by atoms with Crippen LogP contribution >= 0.6 is 11.3 Å². The van der Waals surface area contributed by atoms with Crippen LogP contribution in [-0.4, -0.2) is 13.0 Å². The number of nitrogens with one attached hydrogen (secondary N) is 1. The summed E-state index contributed by atoms with van der Waals surface area (Å²) in [6.07, 6.45) is 0. The van der Waals surface area contributed by atoms with E-state index < -0.39 is 0 Å². The van der Waals surface area contributed by atoms with E-state index in [1.165, 1.54) is 11.3 Å². The molecule has 3 rings (SSSR count). The maximum atomic E-state index is 12.5. The zero-order valence-electron chi connectivity index (χ0n) is 13.9. The second kappa shape index (κ2) is 7.20. The van der Waals surface area contributed by atoms with Crippen molar-refractivity contribution in [2.75, 3.05) is 12.4 Å². The Morgan fingerprint density at radius 2 is 1.92 bits per heavy atom. The van der Waals surface area contributed by atoms with E-state index in [0.717, 1.165) is 21.8 Å². The molecule has 2 aromatic carbocycles. The van der Waals surface area contributed by atoms with Crippen LogP contribution in [0.25, 0.3) is 11.1 Å². The van der Waals surface area contributed by atoms with Gasteiger partial charge in [0.05, 0.1) is 23.6 Å². The molecule has 4 nitrogen and oxygen atoms in total. The molecule has 0 bridgehead atoms. The Kier molecular flexibility index (Phi) is 4.82.